The summed E-state index contributed by atoms with van der Waals surface area (Å²) < 4.78 is 9.51. The number of nitrogens with zero attached hydrogens (tertiary/aromatic N) is 4. The fraction of sp³-hybridized carbons (Fsp3) is 0.0500. The van der Waals surface area contributed by atoms with Crippen molar-refractivity contribution in [2.75, 3.05) is 0 Å². The maximum atomic E-state index is 2.40. The molecule has 0 radical (unpaired) electrons. The molecule has 0 aliphatic rings. The Bertz CT molecular complexity index is 4740. The molecule has 0 bridgehead atoms. The van der Waals surface area contributed by atoms with Crippen LogP contribution >= 0.6 is 0 Å². The number of aromatic nitrogens is 4. The average molecular weight is 1080 g/mol. The van der Waals surface area contributed by atoms with Crippen LogP contribution in [-0.2, 0) is 13.1 Å². The van der Waals surface area contributed by atoms with E-state index in [0.717, 1.165) is 13.1 Å². The normalized spacial score (nSPS) is 11.9. The minimum absolute atomic E-state index is 0.966. The lowest BCUT2D eigenvalue weighted by molar-refractivity contribution is 0.827. The van der Waals surface area contributed by atoms with E-state index in [4.69, 9.17) is 0 Å². The number of rotatable bonds is 10. The molecule has 0 unspecified atom stereocenters. The second kappa shape index (κ2) is 21.3. The van der Waals surface area contributed by atoms with Crippen LogP contribution in [0.15, 0.2) is 279 Å². The van der Waals surface area contributed by atoms with Crippen molar-refractivity contribution in [2.24, 2.45) is 0 Å². The molecular formula is C80H60N4. The van der Waals surface area contributed by atoms with E-state index < -0.39 is 0 Å². The first-order valence-electron chi connectivity index (χ1n) is 29.3. The molecule has 0 spiro atoms. The Balaban J connectivity index is 0.000000145. The van der Waals surface area contributed by atoms with Crippen LogP contribution in [0, 0.1) is 0 Å². The molecule has 16 rings (SSSR count). The highest BCUT2D eigenvalue weighted by molar-refractivity contribution is 6.12. The highest BCUT2D eigenvalue weighted by Gasteiger charge is 2.15. The first kappa shape index (κ1) is 50.3. The standard InChI is InChI=1S/C44H36N2.C36H24N2/c1-3-45-41-11-7-5-9-37(41)39-29-33(21-27-43(39)45)15-13-31-17-23-35(24-18-31)36-25-19-32(20-26-36)14-16-34-22-28-44-40(30-34)38-10-6-8-12-42(38)46(44)4-2;1-5-13-33-29(9-1)30-10-2-6-14-34(30)37(33)27-21-17-25(18-22-27)26-19-23-28(24-20-26)38-35-15-7-3-11-31(35)32-12-4-8-16-36(32)38/h5-30H,3-4H2,1-2H3;1-24H/b15-13+,16-14+;. The van der Waals surface area contributed by atoms with Gasteiger partial charge in [0.2, 0.25) is 0 Å². The summed E-state index contributed by atoms with van der Waals surface area (Å²) >= 11 is 0. The van der Waals surface area contributed by atoms with Crippen molar-refractivity contribution in [1.29, 1.82) is 0 Å². The topological polar surface area (TPSA) is 19.7 Å². The summed E-state index contributed by atoms with van der Waals surface area (Å²) in [4.78, 5) is 0. The molecule has 0 fully saturated rings. The summed E-state index contributed by atoms with van der Waals surface area (Å²) in [7, 11) is 0. The lowest BCUT2D eigenvalue weighted by Gasteiger charge is -2.11. The smallest absolute Gasteiger partial charge is 0.0541 e. The number of para-hydroxylation sites is 6. The maximum Gasteiger partial charge on any atom is 0.0541 e. The molecular weight excluding hydrogens is 1020 g/mol. The van der Waals surface area contributed by atoms with E-state index in [-0.39, 0.29) is 0 Å². The molecule has 0 saturated heterocycles. The van der Waals surface area contributed by atoms with Crippen LogP contribution in [0.2, 0.25) is 0 Å². The van der Waals surface area contributed by atoms with Crippen LogP contribution in [0.4, 0.5) is 0 Å². The van der Waals surface area contributed by atoms with Crippen molar-refractivity contribution in [2.45, 2.75) is 26.9 Å². The summed E-state index contributed by atoms with van der Waals surface area (Å²) in [5, 5.41) is 10.4. The minimum Gasteiger partial charge on any atom is -0.341 e. The van der Waals surface area contributed by atoms with Crippen LogP contribution in [0.25, 0.3) is 145 Å². The molecule has 4 nitrogen and oxygen atoms in total. The molecule has 0 aliphatic carbocycles. The number of hydrogen-bond acceptors (Lipinski definition) is 0. The predicted molar refractivity (Wildman–Crippen MR) is 361 cm³/mol. The quantitative estimate of drug-likeness (QED) is 0.122. The number of benzene rings is 12. The minimum atomic E-state index is 0.966. The Kier molecular flexibility index (Phi) is 12.8. The highest BCUT2D eigenvalue weighted by Crippen LogP contribution is 2.37. The van der Waals surface area contributed by atoms with Gasteiger partial charge in [0.15, 0.2) is 0 Å². The van der Waals surface area contributed by atoms with Crippen LogP contribution in [-0.4, -0.2) is 18.3 Å². The van der Waals surface area contributed by atoms with Gasteiger partial charge in [-0.05, 0) is 143 Å². The molecule has 84 heavy (non-hydrogen) atoms. The van der Waals surface area contributed by atoms with Crippen molar-refractivity contribution in [3.63, 3.8) is 0 Å². The van der Waals surface area contributed by atoms with E-state index in [2.05, 4.69) is 335 Å². The number of aryl methyl sites for hydroxylation is 2. The van der Waals surface area contributed by atoms with E-state index in [9.17, 15) is 0 Å². The monoisotopic (exact) mass is 1080 g/mol. The third-order valence-corrected chi connectivity index (χ3v) is 17.1. The van der Waals surface area contributed by atoms with E-state index in [1.165, 1.54) is 143 Å². The zero-order chi connectivity index (χ0) is 56.1. The Morgan fingerprint density at radius 2 is 0.464 bits per heavy atom. The van der Waals surface area contributed by atoms with Gasteiger partial charge in [-0.2, -0.15) is 0 Å². The molecule has 4 heteroatoms. The summed E-state index contributed by atoms with van der Waals surface area (Å²) in [6.07, 6.45) is 8.84. The lowest BCUT2D eigenvalue weighted by Crippen LogP contribution is -1.94. The molecule has 12 aromatic carbocycles. The molecule has 0 aliphatic heterocycles. The zero-order valence-electron chi connectivity index (χ0n) is 47.1. The van der Waals surface area contributed by atoms with Crippen LogP contribution in [0.5, 0.6) is 0 Å². The van der Waals surface area contributed by atoms with Crippen molar-refractivity contribution >= 4 is 112 Å². The average Bonchev–Trinajstić information content (AvgIpc) is 2.87. The molecule has 0 saturated carbocycles. The van der Waals surface area contributed by atoms with E-state index in [1.54, 1.807) is 0 Å². The molecule has 0 N–H and O–H groups in total. The number of hydrogen-bond donors (Lipinski definition) is 0. The van der Waals surface area contributed by atoms with Crippen molar-refractivity contribution in [3.8, 4) is 33.6 Å². The summed E-state index contributed by atoms with van der Waals surface area (Å²) in [5.74, 6) is 0. The van der Waals surface area contributed by atoms with E-state index in [0.29, 0.717) is 0 Å². The summed E-state index contributed by atoms with van der Waals surface area (Å²) in [6, 6.07) is 101. The van der Waals surface area contributed by atoms with Gasteiger partial charge in [-0.25, -0.2) is 0 Å². The van der Waals surface area contributed by atoms with Gasteiger partial charge >= 0.3 is 0 Å². The molecule has 16 aromatic rings. The fourth-order valence-electron chi connectivity index (χ4n) is 13.0. The van der Waals surface area contributed by atoms with Crippen molar-refractivity contribution < 1.29 is 0 Å². The van der Waals surface area contributed by atoms with Gasteiger partial charge in [0.05, 0.1) is 22.1 Å². The third kappa shape index (κ3) is 8.88. The zero-order valence-corrected chi connectivity index (χ0v) is 47.1. The molecule has 4 heterocycles. The maximum absolute atomic E-state index is 2.40. The van der Waals surface area contributed by atoms with Gasteiger partial charge in [-0.1, -0.05) is 218 Å². The van der Waals surface area contributed by atoms with Crippen LogP contribution in [0.3, 0.4) is 0 Å². The largest absolute Gasteiger partial charge is 0.341 e. The predicted octanol–water partition coefficient (Wildman–Crippen LogP) is 21.5. The summed E-state index contributed by atoms with van der Waals surface area (Å²) in [5.41, 5.74) is 22.2. The Morgan fingerprint density at radius 1 is 0.226 bits per heavy atom. The molecule has 0 atom stereocenters. The highest BCUT2D eigenvalue weighted by atomic mass is 15.0. The van der Waals surface area contributed by atoms with Crippen LogP contribution < -0.4 is 0 Å². The van der Waals surface area contributed by atoms with Crippen molar-refractivity contribution in [3.05, 3.63) is 301 Å². The molecule has 4 aromatic heterocycles. The summed E-state index contributed by atoms with van der Waals surface area (Å²) in [6.45, 7) is 6.36. The van der Waals surface area contributed by atoms with Gasteiger partial charge < -0.3 is 18.3 Å². The Labute approximate surface area is 489 Å². The van der Waals surface area contributed by atoms with Crippen molar-refractivity contribution in [1.82, 2.24) is 18.3 Å². The fourth-order valence-corrected chi connectivity index (χ4v) is 13.0. The van der Waals surface area contributed by atoms with E-state index in [1.807, 2.05) is 0 Å². The van der Waals surface area contributed by atoms with Gasteiger partial charge in [-0.3, -0.25) is 0 Å². The van der Waals surface area contributed by atoms with Gasteiger partial charge in [0.25, 0.3) is 0 Å². The van der Waals surface area contributed by atoms with Gasteiger partial charge in [0.1, 0.15) is 0 Å². The van der Waals surface area contributed by atoms with Gasteiger partial charge in [0, 0.05) is 89.6 Å². The van der Waals surface area contributed by atoms with Crippen LogP contribution in [0.1, 0.15) is 36.1 Å². The second-order valence-corrected chi connectivity index (χ2v) is 21.8. The Morgan fingerprint density at radius 3 is 0.774 bits per heavy atom. The lowest BCUT2D eigenvalue weighted by atomic mass is 10.0. The van der Waals surface area contributed by atoms with Gasteiger partial charge in [-0.15, -0.1) is 0 Å². The SMILES string of the molecule is CCn1c2ccccc2c2cc(/C=C/c3ccc(-c4ccc(/C=C/c5ccc6c(c5)c5ccccc5n6CC)cc4)cc3)ccc21.c1ccc2c(c1)c1ccccc1n2-c1ccc(-c2ccc(-n3c4ccccc4c4ccccc43)cc2)cc1. The number of fused-ring (bicyclic) bond motifs is 12. The first-order chi connectivity index (χ1) is 41.6. The van der Waals surface area contributed by atoms with E-state index >= 15 is 0 Å². The second-order valence-electron chi connectivity index (χ2n) is 21.8. The third-order valence-electron chi connectivity index (χ3n) is 17.1. The first-order valence-corrected chi connectivity index (χ1v) is 29.3. The molecule has 0 amide bonds. The molecule has 400 valence electrons. The Hall–Kier alpha value is -10.7.